The number of benzene rings is 1. The van der Waals surface area contributed by atoms with Crippen LogP contribution in [0.2, 0.25) is 0 Å². The number of hydrogen-bond acceptors (Lipinski definition) is 5. The lowest BCUT2D eigenvalue weighted by Gasteiger charge is -2.13. The molecule has 0 aliphatic heterocycles. The molecule has 110 valence electrons. The number of nitro groups is 1. The minimum Gasteiger partial charge on any atom is -0.492 e. The second-order valence-corrected chi connectivity index (χ2v) is 4.92. The van der Waals surface area contributed by atoms with Gasteiger partial charge in [-0.3, -0.25) is 10.1 Å². The highest BCUT2D eigenvalue weighted by Crippen LogP contribution is 2.21. The van der Waals surface area contributed by atoms with E-state index in [2.05, 4.69) is 5.32 Å². The molecule has 0 bridgehead atoms. The summed E-state index contributed by atoms with van der Waals surface area (Å²) in [5.41, 5.74) is 0.0760. The Labute approximate surface area is 118 Å². The largest absolute Gasteiger partial charge is 0.492 e. The Morgan fingerprint density at radius 1 is 1.35 bits per heavy atom. The van der Waals surface area contributed by atoms with Crippen LogP contribution < -0.4 is 10.1 Å². The van der Waals surface area contributed by atoms with Crippen molar-refractivity contribution < 1.29 is 14.4 Å². The van der Waals surface area contributed by atoms with Gasteiger partial charge in [0.1, 0.15) is 12.4 Å². The van der Waals surface area contributed by atoms with Gasteiger partial charge in [0.15, 0.2) is 0 Å². The molecule has 0 radical (unpaired) electrons. The number of nitro benzene ring substituents is 1. The average molecular weight is 280 g/mol. The second kappa shape index (κ2) is 7.21. The molecule has 1 aliphatic carbocycles. The number of methoxy groups -OCH3 is 1. The van der Waals surface area contributed by atoms with Gasteiger partial charge in [0.25, 0.3) is 5.69 Å². The van der Waals surface area contributed by atoms with Crippen LogP contribution in [0.1, 0.15) is 19.3 Å². The van der Waals surface area contributed by atoms with Crippen molar-refractivity contribution in [2.24, 2.45) is 0 Å². The maximum absolute atomic E-state index is 10.5. The van der Waals surface area contributed by atoms with Crippen LogP contribution in [0.25, 0.3) is 0 Å². The van der Waals surface area contributed by atoms with E-state index in [0.717, 1.165) is 25.8 Å². The van der Waals surface area contributed by atoms with E-state index in [1.54, 1.807) is 19.2 Å². The molecule has 0 saturated heterocycles. The van der Waals surface area contributed by atoms with Gasteiger partial charge in [-0.05, 0) is 31.4 Å². The Morgan fingerprint density at radius 3 is 2.70 bits per heavy atom. The molecule has 2 unspecified atom stereocenters. The van der Waals surface area contributed by atoms with Crippen molar-refractivity contribution in [3.8, 4) is 5.75 Å². The molecular formula is C14H20N2O4. The fraction of sp³-hybridized carbons (Fsp3) is 0.571. The highest BCUT2D eigenvalue weighted by molar-refractivity contribution is 5.35. The van der Waals surface area contributed by atoms with E-state index in [4.69, 9.17) is 9.47 Å². The molecule has 0 aromatic heterocycles. The number of ether oxygens (including phenoxy) is 2. The third kappa shape index (κ3) is 4.18. The van der Waals surface area contributed by atoms with Gasteiger partial charge in [0.2, 0.25) is 0 Å². The smallest absolute Gasteiger partial charge is 0.269 e. The molecular weight excluding hydrogens is 260 g/mol. The van der Waals surface area contributed by atoms with Gasteiger partial charge in [0.05, 0.1) is 11.0 Å². The van der Waals surface area contributed by atoms with E-state index < -0.39 is 4.92 Å². The Bertz CT molecular complexity index is 435. The lowest BCUT2D eigenvalue weighted by atomic mass is 10.2. The molecule has 0 amide bonds. The number of nitrogens with one attached hydrogen (secondary N) is 1. The molecule has 6 heteroatoms. The Hall–Kier alpha value is -1.66. The van der Waals surface area contributed by atoms with Gasteiger partial charge in [-0.2, -0.15) is 0 Å². The minimum atomic E-state index is -0.419. The van der Waals surface area contributed by atoms with Crippen molar-refractivity contribution in [1.82, 2.24) is 5.32 Å². The molecule has 0 spiro atoms. The van der Waals surface area contributed by atoms with Crippen LogP contribution in [0, 0.1) is 10.1 Å². The van der Waals surface area contributed by atoms with E-state index in [0.29, 0.717) is 24.5 Å². The maximum atomic E-state index is 10.5. The van der Waals surface area contributed by atoms with Crippen molar-refractivity contribution in [2.75, 3.05) is 20.3 Å². The lowest BCUT2D eigenvalue weighted by Crippen LogP contribution is -2.31. The summed E-state index contributed by atoms with van der Waals surface area (Å²) in [6.45, 7) is 1.31. The van der Waals surface area contributed by atoms with E-state index in [-0.39, 0.29) is 5.69 Å². The van der Waals surface area contributed by atoms with E-state index >= 15 is 0 Å². The molecule has 1 aromatic rings. The number of hydrogen-bond donors (Lipinski definition) is 1. The van der Waals surface area contributed by atoms with Crippen LogP contribution >= 0.6 is 0 Å². The molecule has 0 heterocycles. The third-order valence-electron chi connectivity index (χ3n) is 3.57. The van der Waals surface area contributed by atoms with E-state index in [1.165, 1.54) is 12.1 Å². The van der Waals surface area contributed by atoms with Crippen LogP contribution in [0.3, 0.4) is 0 Å². The molecule has 2 rings (SSSR count). The molecule has 1 saturated carbocycles. The van der Waals surface area contributed by atoms with Gasteiger partial charge < -0.3 is 14.8 Å². The number of nitrogens with zero attached hydrogens (tertiary/aromatic N) is 1. The van der Waals surface area contributed by atoms with Gasteiger partial charge in [-0.15, -0.1) is 0 Å². The standard InChI is InChI=1S/C14H20N2O4/c1-19-14-5-2-11(10-14)15-8-9-20-13-6-3-12(4-7-13)16(17)18/h3-4,6-7,11,14-15H,2,5,8-10H2,1H3. The normalized spacial score (nSPS) is 21.9. The van der Waals surface area contributed by atoms with Crippen molar-refractivity contribution in [3.63, 3.8) is 0 Å². The molecule has 2 atom stereocenters. The first-order valence-corrected chi connectivity index (χ1v) is 6.82. The monoisotopic (exact) mass is 280 g/mol. The van der Waals surface area contributed by atoms with Crippen LogP contribution in [-0.2, 0) is 4.74 Å². The first kappa shape index (κ1) is 14.7. The van der Waals surface area contributed by atoms with Gasteiger partial charge >= 0.3 is 0 Å². The van der Waals surface area contributed by atoms with Gasteiger partial charge in [-0.1, -0.05) is 0 Å². The highest BCUT2D eigenvalue weighted by atomic mass is 16.6. The molecule has 1 aliphatic rings. The first-order chi connectivity index (χ1) is 9.69. The number of rotatable bonds is 7. The van der Waals surface area contributed by atoms with Crippen LogP contribution in [0.4, 0.5) is 5.69 Å². The molecule has 6 nitrogen and oxygen atoms in total. The predicted molar refractivity (Wildman–Crippen MR) is 75.0 cm³/mol. The number of non-ortho nitro benzene ring substituents is 1. The second-order valence-electron chi connectivity index (χ2n) is 4.92. The molecule has 1 N–H and O–H groups in total. The van der Waals surface area contributed by atoms with Crippen LogP contribution in [0.5, 0.6) is 5.75 Å². The molecule has 1 aromatic carbocycles. The van der Waals surface area contributed by atoms with Crippen molar-refractivity contribution in [3.05, 3.63) is 34.4 Å². The third-order valence-corrected chi connectivity index (χ3v) is 3.57. The van der Waals surface area contributed by atoms with Crippen molar-refractivity contribution in [1.29, 1.82) is 0 Å². The zero-order valence-corrected chi connectivity index (χ0v) is 11.6. The topological polar surface area (TPSA) is 73.6 Å². The summed E-state index contributed by atoms with van der Waals surface area (Å²) in [5.74, 6) is 0.651. The summed E-state index contributed by atoms with van der Waals surface area (Å²) in [4.78, 5) is 10.1. The van der Waals surface area contributed by atoms with Crippen LogP contribution in [0.15, 0.2) is 24.3 Å². The SMILES string of the molecule is COC1CCC(NCCOc2ccc([N+](=O)[O-])cc2)C1. The molecule has 1 fully saturated rings. The quantitative estimate of drug-likeness (QED) is 0.470. The van der Waals surface area contributed by atoms with E-state index in [1.807, 2.05) is 0 Å². The van der Waals surface area contributed by atoms with Crippen LogP contribution in [-0.4, -0.2) is 37.3 Å². The summed E-state index contributed by atoms with van der Waals surface area (Å²) in [7, 11) is 1.75. The Balaban J connectivity index is 1.65. The minimum absolute atomic E-state index is 0.0760. The van der Waals surface area contributed by atoms with E-state index in [9.17, 15) is 10.1 Å². The first-order valence-electron chi connectivity index (χ1n) is 6.82. The van der Waals surface area contributed by atoms with Gasteiger partial charge in [-0.25, -0.2) is 0 Å². The van der Waals surface area contributed by atoms with Crippen molar-refractivity contribution >= 4 is 5.69 Å². The summed E-state index contributed by atoms with van der Waals surface area (Å²) < 4.78 is 10.9. The highest BCUT2D eigenvalue weighted by Gasteiger charge is 2.23. The maximum Gasteiger partial charge on any atom is 0.269 e. The Morgan fingerprint density at radius 2 is 2.10 bits per heavy atom. The molecule has 20 heavy (non-hydrogen) atoms. The predicted octanol–water partition coefficient (Wildman–Crippen LogP) is 2.13. The van der Waals surface area contributed by atoms with Crippen molar-refractivity contribution in [2.45, 2.75) is 31.4 Å². The average Bonchev–Trinajstić information content (AvgIpc) is 2.92. The summed E-state index contributed by atoms with van der Waals surface area (Å²) >= 11 is 0. The zero-order valence-electron chi connectivity index (χ0n) is 11.6. The fourth-order valence-electron chi connectivity index (χ4n) is 2.44. The Kier molecular flexibility index (Phi) is 5.31. The van der Waals surface area contributed by atoms with Gasteiger partial charge in [0, 0.05) is 31.8 Å². The summed E-state index contributed by atoms with van der Waals surface area (Å²) in [6, 6.07) is 6.63. The summed E-state index contributed by atoms with van der Waals surface area (Å²) in [6.07, 6.45) is 3.67. The zero-order chi connectivity index (χ0) is 14.4. The lowest BCUT2D eigenvalue weighted by molar-refractivity contribution is -0.384. The fourth-order valence-corrected chi connectivity index (χ4v) is 2.44. The summed E-state index contributed by atoms with van der Waals surface area (Å²) in [5, 5.41) is 13.9.